The summed E-state index contributed by atoms with van der Waals surface area (Å²) in [7, 11) is 0. The maximum absolute atomic E-state index is 12.6. The lowest BCUT2D eigenvalue weighted by Gasteiger charge is -2.36. The van der Waals surface area contributed by atoms with Crippen LogP contribution in [0.3, 0.4) is 0 Å². The van der Waals surface area contributed by atoms with E-state index in [0.29, 0.717) is 39.1 Å². The maximum Gasteiger partial charge on any atom is 0.309 e. The Bertz CT molecular complexity index is 635. The number of carbonyl (C=O) groups is 2. The van der Waals surface area contributed by atoms with Crippen LogP contribution in [-0.2, 0) is 20.9 Å². The van der Waals surface area contributed by atoms with E-state index in [-0.39, 0.29) is 17.8 Å². The van der Waals surface area contributed by atoms with Gasteiger partial charge in [0.1, 0.15) is 0 Å². The molecule has 1 amide bonds. The fourth-order valence-electron chi connectivity index (χ4n) is 3.73. The van der Waals surface area contributed by atoms with Gasteiger partial charge in [-0.1, -0.05) is 0 Å². The van der Waals surface area contributed by atoms with Crippen molar-refractivity contribution in [3.63, 3.8) is 0 Å². The summed E-state index contributed by atoms with van der Waals surface area (Å²) < 4.78 is 5.09. The van der Waals surface area contributed by atoms with Crippen LogP contribution in [0.4, 0.5) is 0 Å². The number of hydrogen-bond donors (Lipinski definition) is 0. The van der Waals surface area contributed by atoms with Gasteiger partial charge in [-0.15, -0.1) is 11.3 Å². The summed E-state index contributed by atoms with van der Waals surface area (Å²) in [4.78, 5) is 35.5. The molecule has 0 aliphatic carbocycles. The van der Waals surface area contributed by atoms with Gasteiger partial charge in [0.2, 0.25) is 5.91 Å². The van der Waals surface area contributed by atoms with Gasteiger partial charge in [0.05, 0.1) is 29.8 Å². The van der Waals surface area contributed by atoms with Crippen LogP contribution in [0.25, 0.3) is 0 Å². The van der Waals surface area contributed by atoms with Crippen LogP contribution in [0.1, 0.15) is 30.5 Å². The Hall–Kier alpha value is -1.51. The highest BCUT2D eigenvalue weighted by molar-refractivity contribution is 7.09. The van der Waals surface area contributed by atoms with Gasteiger partial charge < -0.3 is 9.64 Å². The Morgan fingerprint density at radius 1 is 1.15 bits per heavy atom. The largest absolute Gasteiger partial charge is 0.466 e. The van der Waals surface area contributed by atoms with Crippen LogP contribution < -0.4 is 0 Å². The number of hydrogen-bond acceptors (Lipinski definition) is 7. The number of ether oxygens (including phenoxy) is 1. The first-order valence-corrected chi connectivity index (χ1v) is 10.7. The molecular formula is C19H30N4O3S. The number of piperazine rings is 1. The van der Waals surface area contributed by atoms with Gasteiger partial charge in [0, 0.05) is 51.2 Å². The second-order valence-electron chi connectivity index (χ2n) is 7.32. The molecule has 0 N–H and O–H groups in total. The Kier molecular flexibility index (Phi) is 7.20. The van der Waals surface area contributed by atoms with Crippen LogP contribution in [0.2, 0.25) is 0 Å². The summed E-state index contributed by atoms with van der Waals surface area (Å²) in [5.74, 6) is 0.0174. The van der Waals surface area contributed by atoms with Crippen molar-refractivity contribution in [3.8, 4) is 0 Å². The number of thiazole rings is 1. The first-order chi connectivity index (χ1) is 13.0. The first kappa shape index (κ1) is 20.2. The molecule has 0 radical (unpaired) electrons. The molecule has 1 aromatic rings. The second kappa shape index (κ2) is 9.61. The predicted octanol–water partition coefficient (Wildman–Crippen LogP) is 1.37. The molecule has 0 spiro atoms. The monoisotopic (exact) mass is 394 g/mol. The van der Waals surface area contributed by atoms with E-state index in [1.54, 1.807) is 11.3 Å². The normalized spacial score (nSPS) is 20.0. The van der Waals surface area contributed by atoms with E-state index in [1.165, 1.54) is 0 Å². The average Bonchev–Trinajstić information content (AvgIpc) is 3.08. The van der Waals surface area contributed by atoms with E-state index in [2.05, 4.69) is 20.2 Å². The highest BCUT2D eigenvalue weighted by Crippen LogP contribution is 2.19. The zero-order valence-corrected chi connectivity index (χ0v) is 17.2. The minimum absolute atomic E-state index is 0.0492. The Morgan fingerprint density at radius 2 is 1.81 bits per heavy atom. The van der Waals surface area contributed by atoms with Crippen molar-refractivity contribution in [2.45, 2.75) is 33.2 Å². The molecule has 0 aromatic carbocycles. The molecule has 2 fully saturated rings. The number of aromatic nitrogens is 1. The molecule has 0 bridgehead atoms. The fraction of sp³-hybridized carbons (Fsp3) is 0.737. The summed E-state index contributed by atoms with van der Waals surface area (Å²) >= 11 is 1.69. The molecular weight excluding hydrogens is 364 g/mol. The van der Waals surface area contributed by atoms with Crippen LogP contribution in [0.5, 0.6) is 0 Å². The van der Waals surface area contributed by atoms with Gasteiger partial charge in [-0.3, -0.25) is 19.4 Å². The lowest BCUT2D eigenvalue weighted by Crippen LogP contribution is -2.51. The molecule has 8 heteroatoms. The van der Waals surface area contributed by atoms with E-state index in [9.17, 15) is 9.59 Å². The highest BCUT2D eigenvalue weighted by Gasteiger charge is 2.29. The minimum Gasteiger partial charge on any atom is -0.466 e. The zero-order chi connectivity index (χ0) is 19.2. The number of carbonyl (C=O) groups excluding carboxylic acids is 2. The molecule has 0 atom stereocenters. The van der Waals surface area contributed by atoms with Gasteiger partial charge in [0.15, 0.2) is 0 Å². The Labute approximate surface area is 165 Å². The third kappa shape index (κ3) is 5.73. The number of nitrogens with zero attached hydrogens (tertiary/aromatic N) is 4. The molecule has 150 valence electrons. The van der Waals surface area contributed by atoms with Crippen molar-refractivity contribution in [2.24, 2.45) is 5.92 Å². The van der Waals surface area contributed by atoms with Crippen LogP contribution in [0, 0.1) is 12.8 Å². The van der Waals surface area contributed by atoms with E-state index in [0.717, 1.165) is 43.4 Å². The van der Waals surface area contributed by atoms with E-state index < -0.39 is 0 Å². The number of likely N-dealkylation sites (tertiary alicyclic amines) is 1. The average molecular weight is 395 g/mol. The van der Waals surface area contributed by atoms with Gasteiger partial charge in [-0.05, 0) is 26.7 Å². The summed E-state index contributed by atoms with van der Waals surface area (Å²) in [6, 6.07) is 0. The highest BCUT2D eigenvalue weighted by atomic mass is 32.1. The van der Waals surface area contributed by atoms with Crippen LogP contribution in [-0.4, -0.2) is 84.0 Å². The Balaban J connectivity index is 1.36. The minimum atomic E-state index is -0.115. The van der Waals surface area contributed by atoms with Crippen molar-refractivity contribution in [3.05, 3.63) is 16.1 Å². The molecule has 3 rings (SSSR count). The number of piperidine rings is 1. The molecule has 1 aromatic heterocycles. The molecule has 7 nitrogen and oxygen atoms in total. The molecule has 2 aliphatic rings. The van der Waals surface area contributed by atoms with E-state index in [4.69, 9.17) is 4.74 Å². The quantitative estimate of drug-likeness (QED) is 0.679. The molecule has 0 unspecified atom stereocenters. The fourth-order valence-corrected chi connectivity index (χ4v) is 4.34. The molecule has 3 heterocycles. The summed E-state index contributed by atoms with van der Waals surface area (Å²) in [5, 5.41) is 3.24. The van der Waals surface area contributed by atoms with Crippen molar-refractivity contribution in [2.75, 3.05) is 52.4 Å². The SMILES string of the molecule is CCOC(=O)C1CCN(C(=O)CN2CCN(Cc3csc(C)n3)CC2)CC1. The number of esters is 1. The van der Waals surface area contributed by atoms with Crippen molar-refractivity contribution in [1.29, 1.82) is 0 Å². The molecule has 2 saturated heterocycles. The van der Waals surface area contributed by atoms with E-state index >= 15 is 0 Å². The molecule has 0 saturated carbocycles. The Morgan fingerprint density at radius 3 is 2.41 bits per heavy atom. The number of rotatable bonds is 6. The smallest absolute Gasteiger partial charge is 0.309 e. The van der Waals surface area contributed by atoms with Gasteiger partial charge in [-0.2, -0.15) is 0 Å². The lowest BCUT2D eigenvalue weighted by atomic mass is 9.97. The second-order valence-corrected chi connectivity index (χ2v) is 8.38. The summed E-state index contributed by atoms with van der Waals surface area (Å²) in [6.45, 7) is 10.7. The van der Waals surface area contributed by atoms with Crippen molar-refractivity contribution < 1.29 is 14.3 Å². The maximum atomic E-state index is 12.6. The van der Waals surface area contributed by atoms with Crippen molar-refractivity contribution >= 4 is 23.2 Å². The topological polar surface area (TPSA) is 66.0 Å². The van der Waals surface area contributed by atoms with E-state index in [1.807, 2.05) is 18.7 Å². The third-order valence-corrected chi connectivity index (χ3v) is 6.17. The van der Waals surface area contributed by atoms with Gasteiger partial charge >= 0.3 is 5.97 Å². The molecule has 2 aliphatic heterocycles. The van der Waals surface area contributed by atoms with Gasteiger partial charge in [0.25, 0.3) is 0 Å². The summed E-state index contributed by atoms with van der Waals surface area (Å²) in [5.41, 5.74) is 1.14. The predicted molar refractivity (Wildman–Crippen MR) is 105 cm³/mol. The van der Waals surface area contributed by atoms with Crippen LogP contribution >= 0.6 is 11.3 Å². The van der Waals surface area contributed by atoms with Crippen LogP contribution in [0.15, 0.2) is 5.38 Å². The first-order valence-electron chi connectivity index (χ1n) is 9.85. The van der Waals surface area contributed by atoms with Crippen molar-refractivity contribution in [1.82, 2.24) is 19.7 Å². The lowest BCUT2D eigenvalue weighted by molar-refractivity contribution is -0.151. The van der Waals surface area contributed by atoms with Gasteiger partial charge in [-0.25, -0.2) is 4.98 Å². The zero-order valence-electron chi connectivity index (χ0n) is 16.4. The molecule has 27 heavy (non-hydrogen) atoms. The summed E-state index contributed by atoms with van der Waals surface area (Å²) in [6.07, 6.45) is 1.43. The number of amides is 1. The standard InChI is InChI=1S/C19H30N4O3S/c1-3-26-19(25)16-4-6-23(7-5-16)18(24)13-22-10-8-21(9-11-22)12-17-14-27-15(2)20-17/h14,16H,3-13H2,1-2H3. The third-order valence-electron chi connectivity index (χ3n) is 5.34. The number of aryl methyl sites for hydroxylation is 1.